The van der Waals surface area contributed by atoms with Crippen LogP contribution in [0.5, 0.6) is 0 Å². The van der Waals surface area contributed by atoms with Gasteiger partial charge in [-0.15, -0.1) is 0 Å². The third kappa shape index (κ3) is 5.66. The van der Waals surface area contributed by atoms with Gasteiger partial charge >= 0.3 is 23.7 Å². The standard InChI is InChI=1S/C21H18F3N3O3S.C2HF3O2/c22-21(23,24)31-14-3-1-13(2-4-14)19(6-7-19)17(28)27-10-8-20(12-27)15-5-9-25-11-16(15)26-18(29)30-20;3-2(4,5)1(6)7/h1-5,9,11H,6-8,10,12H2,(H,26,29);(H,6,7). The molecule has 2 aliphatic heterocycles. The smallest absolute Gasteiger partial charge is 0.475 e. The first-order chi connectivity index (χ1) is 17.7. The lowest BCUT2D eigenvalue weighted by Gasteiger charge is -2.35. The summed E-state index contributed by atoms with van der Waals surface area (Å²) in [4.78, 5) is 40.2. The van der Waals surface area contributed by atoms with E-state index in [0.29, 0.717) is 31.5 Å². The normalized spacial score (nSPS) is 21.5. The molecule has 5 rings (SSSR count). The molecule has 0 radical (unpaired) electrons. The minimum atomic E-state index is -5.08. The number of thioether (sulfide) groups is 1. The number of alkyl halides is 6. The van der Waals surface area contributed by atoms with Crippen molar-refractivity contribution in [3.63, 3.8) is 0 Å². The van der Waals surface area contributed by atoms with E-state index in [4.69, 9.17) is 14.6 Å². The molecule has 0 bridgehead atoms. The van der Waals surface area contributed by atoms with Gasteiger partial charge in [0, 0.05) is 29.6 Å². The molecule has 2 fully saturated rings. The summed E-state index contributed by atoms with van der Waals surface area (Å²) in [5, 5.41) is 9.76. The van der Waals surface area contributed by atoms with Crippen LogP contribution in [-0.2, 0) is 25.3 Å². The van der Waals surface area contributed by atoms with E-state index in [0.717, 1.165) is 11.1 Å². The molecule has 204 valence electrons. The van der Waals surface area contributed by atoms with Gasteiger partial charge in [0.15, 0.2) is 5.60 Å². The number of rotatable bonds is 3. The van der Waals surface area contributed by atoms with Gasteiger partial charge in [0.2, 0.25) is 5.91 Å². The fourth-order valence-electron chi connectivity index (χ4n) is 4.55. The Kier molecular flexibility index (Phi) is 7.01. The number of carboxylic acid groups (broad SMARTS) is 1. The van der Waals surface area contributed by atoms with Crippen LogP contribution in [-0.4, -0.2) is 57.7 Å². The number of amides is 2. The van der Waals surface area contributed by atoms with Gasteiger partial charge in [0.25, 0.3) is 0 Å². The number of likely N-dealkylation sites (tertiary alicyclic amines) is 1. The first-order valence-corrected chi connectivity index (χ1v) is 11.9. The molecule has 2 N–H and O–H groups in total. The molecule has 1 aliphatic carbocycles. The van der Waals surface area contributed by atoms with E-state index >= 15 is 0 Å². The predicted octanol–water partition coefficient (Wildman–Crippen LogP) is 5.05. The van der Waals surface area contributed by atoms with Crippen LogP contribution >= 0.6 is 11.8 Å². The first-order valence-electron chi connectivity index (χ1n) is 11.1. The lowest BCUT2D eigenvalue weighted by atomic mass is 9.91. The molecule has 8 nitrogen and oxygen atoms in total. The van der Waals surface area contributed by atoms with E-state index in [9.17, 15) is 35.9 Å². The minimum Gasteiger partial charge on any atom is -0.475 e. The maximum atomic E-state index is 13.4. The van der Waals surface area contributed by atoms with E-state index in [2.05, 4.69) is 10.3 Å². The summed E-state index contributed by atoms with van der Waals surface area (Å²) in [6.45, 7) is 0.664. The molecule has 15 heteroatoms. The molecule has 38 heavy (non-hydrogen) atoms. The third-order valence-corrected chi connectivity index (χ3v) is 7.14. The molecule has 1 unspecified atom stereocenters. The number of pyridine rings is 1. The number of aromatic nitrogens is 1. The molecular weight excluding hydrogens is 544 g/mol. The van der Waals surface area contributed by atoms with Gasteiger partial charge in [-0.1, -0.05) is 12.1 Å². The molecule has 1 spiro atoms. The number of anilines is 1. The number of fused-ring (bicyclic) bond motifs is 2. The summed E-state index contributed by atoms with van der Waals surface area (Å²) in [7, 11) is 0. The van der Waals surface area contributed by atoms with Crippen molar-refractivity contribution in [1.82, 2.24) is 9.88 Å². The van der Waals surface area contributed by atoms with Gasteiger partial charge in [-0.05, 0) is 48.4 Å². The van der Waals surface area contributed by atoms with E-state index < -0.39 is 34.8 Å². The van der Waals surface area contributed by atoms with Gasteiger partial charge in [0.05, 0.1) is 23.8 Å². The van der Waals surface area contributed by atoms with Gasteiger partial charge in [-0.25, -0.2) is 9.59 Å². The van der Waals surface area contributed by atoms with Crippen molar-refractivity contribution in [3.8, 4) is 0 Å². The molecule has 3 aliphatic rings. The van der Waals surface area contributed by atoms with Gasteiger partial charge in [-0.2, -0.15) is 26.3 Å². The monoisotopic (exact) mass is 563 g/mol. The summed E-state index contributed by atoms with van der Waals surface area (Å²) in [6.07, 6.45) is -0.722. The number of aliphatic carboxylic acids is 1. The lowest BCUT2D eigenvalue weighted by molar-refractivity contribution is -0.192. The Morgan fingerprint density at radius 2 is 1.68 bits per heavy atom. The Labute approximate surface area is 215 Å². The second-order valence-electron chi connectivity index (χ2n) is 8.86. The number of carboxylic acids is 1. The number of halogens is 6. The Morgan fingerprint density at radius 1 is 1.05 bits per heavy atom. The SMILES string of the molecule is O=C(O)C(F)(F)F.O=C1Nc2cnccc2C2(CCN(C(=O)C3(c4ccc(SC(F)(F)F)cc4)CC3)C2)O1. The number of carbonyl (C=O) groups is 3. The molecular formula is C23H19F6N3O5S. The van der Waals surface area contributed by atoms with Crippen molar-refractivity contribution >= 4 is 35.4 Å². The van der Waals surface area contributed by atoms with E-state index in [-0.39, 0.29) is 29.1 Å². The Balaban J connectivity index is 0.000000426. The number of benzene rings is 1. The fourth-order valence-corrected chi connectivity index (χ4v) is 5.09. The fraction of sp³-hybridized carbons (Fsp3) is 0.391. The second kappa shape index (κ2) is 9.67. The number of nitrogens with one attached hydrogen (secondary N) is 1. The van der Waals surface area contributed by atoms with Crippen molar-refractivity contribution in [2.45, 2.75) is 46.9 Å². The highest BCUT2D eigenvalue weighted by Crippen LogP contribution is 2.52. The van der Waals surface area contributed by atoms with Crippen LogP contribution in [0.4, 0.5) is 36.8 Å². The van der Waals surface area contributed by atoms with Gasteiger partial charge < -0.3 is 14.7 Å². The average Bonchev–Trinajstić information content (AvgIpc) is 3.53. The van der Waals surface area contributed by atoms with Crippen molar-refractivity contribution in [2.75, 3.05) is 18.4 Å². The average molecular weight is 563 g/mol. The Hall–Kier alpha value is -3.49. The van der Waals surface area contributed by atoms with Crippen molar-refractivity contribution in [2.24, 2.45) is 0 Å². The largest absolute Gasteiger partial charge is 0.490 e. The molecule has 1 aromatic heterocycles. The van der Waals surface area contributed by atoms with Crippen LogP contribution in [0.3, 0.4) is 0 Å². The summed E-state index contributed by atoms with van der Waals surface area (Å²) < 4.78 is 75.2. The molecule has 1 aromatic carbocycles. The number of hydrogen-bond acceptors (Lipinski definition) is 6. The molecule has 1 saturated carbocycles. The van der Waals surface area contributed by atoms with Crippen LogP contribution in [0.2, 0.25) is 0 Å². The first kappa shape index (κ1) is 27.5. The minimum absolute atomic E-state index is 0.0780. The molecule has 2 amide bonds. The third-order valence-electron chi connectivity index (χ3n) is 6.40. The highest BCUT2D eigenvalue weighted by Gasteiger charge is 2.57. The maximum absolute atomic E-state index is 13.4. The van der Waals surface area contributed by atoms with Gasteiger partial charge in [0.1, 0.15) is 0 Å². The number of nitrogens with zero attached hydrogens (tertiary/aromatic N) is 2. The van der Waals surface area contributed by atoms with Crippen LogP contribution in [0.1, 0.15) is 30.4 Å². The molecule has 2 aromatic rings. The van der Waals surface area contributed by atoms with Gasteiger partial charge in [-0.3, -0.25) is 15.1 Å². The van der Waals surface area contributed by atoms with Crippen LogP contribution in [0.25, 0.3) is 0 Å². The molecule has 1 saturated heterocycles. The number of hydrogen-bond donors (Lipinski definition) is 2. The van der Waals surface area contributed by atoms with Crippen LogP contribution in [0.15, 0.2) is 47.6 Å². The summed E-state index contributed by atoms with van der Waals surface area (Å²) >= 11 is -0.172. The van der Waals surface area contributed by atoms with Crippen LogP contribution in [0, 0.1) is 0 Å². The van der Waals surface area contributed by atoms with Crippen molar-refractivity contribution < 1.29 is 50.6 Å². The topological polar surface area (TPSA) is 109 Å². The summed E-state index contributed by atoms with van der Waals surface area (Å²) in [5.41, 5.74) is -3.90. The summed E-state index contributed by atoms with van der Waals surface area (Å²) in [5.74, 6) is -2.83. The van der Waals surface area contributed by atoms with E-state index in [1.807, 2.05) is 0 Å². The lowest BCUT2D eigenvalue weighted by Crippen LogP contribution is -2.44. The Morgan fingerprint density at radius 3 is 2.24 bits per heavy atom. The molecule has 1 atom stereocenters. The van der Waals surface area contributed by atoms with Crippen LogP contribution < -0.4 is 5.32 Å². The predicted molar refractivity (Wildman–Crippen MR) is 120 cm³/mol. The van der Waals surface area contributed by atoms with E-state index in [1.54, 1.807) is 35.5 Å². The van der Waals surface area contributed by atoms with Crippen molar-refractivity contribution in [3.05, 3.63) is 53.9 Å². The van der Waals surface area contributed by atoms with Crippen molar-refractivity contribution in [1.29, 1.82) is 0 Å². The highest BCUT2D eigenvalue weighted by atomic mass is 32.2. The second-order valence-corrected chi connectivity index (χ2v) is 10.0. The number of carbonyl (C=O) groups excluding carboxylic acids is 2. The zero-order valence-corrected chi connectivity index (χ0v) is 20.0. The number of ether oxygens (including phenoxy) is 1. The van der Waals surface area contributed by atoms with E-state index in [1.165, 1.54) is 12.1 Å². The molecule has 3 heterocycles. The Bertz CT molecular complexity index is 1250. The zero-order valence-electron chi connectivity index (χ0n) is 19.2. The quantitative estimate of drug-likeness (QED) is 0.398. The zero-order chi connectivity index (χ0) is 27.9. The summed E-state index contributed by atoms with van der Waals surface area (Å²) in [6, 6.07) is 7.81. The maximum Gasteiger partial charge on any atom is 0.490 e. The highest BCUT2D eigenvalue weighted by molar-refractivity contribution is 8.00.